The number of piperidine rings is 2. The monoisotopic (exact) mass is 338 g/mol. The van der Waals surface area contributed by atoms with Gasteiger partial charge in [0.15, 0.2) is 0 Å². The smallest absolute Gasteiger partial charge is 0.226 e. The summed E-state index contributed by atoms with van der Waals surface area (Å²) in [4.78, 5) is 14.6. The third-order valence-corrected chi connectivity index (χ3v) is 4.80. The lowest BCUT2D eigenvalue weighted by Gasteiger charge is -2.35. The van der Waals surface area contributed by atoms with Gasteiger partial charge in [-0.15, -0.1) is 12.4 Å². The third kappa shape index (κ3) is 5.11. The van der Waals surface area contributed by atoms with Crippen LogP contribution in [0.4, 0.5) is 0 Å². The van der Waals surface area contributed by atoms with Gasteiger partial charge in [-0.05, 0) is 50.3 Å². The minimum Gasteiger partial charge on any atom is -0.493 e. The van der Waals surface area contributed by atoms with Gasteiger partial charge in [0.05, 0.1) is 12.5 Å². The molecule has 0 aromatic heterocycles. The average Bonchev–Trinajstić information content (AvgIpc) is 2.61. The number of hydrogen-bond donors (Lipinski definition) is 1. The molecule has 0 bridgehead atoms. The van der Waals surface area contributed by atoms with Crippen molar-refractivity contribution in [3.8, 4) is 5.75 Å². The van der Waals surface area contributed by atoms with E-state index in [9.17, 15) is 4.79 Å². The number of halogens is 1. The molecule has 2 fully saturated rings. The molecule has 128 valence electrons. The number of rotatable bonds is 4. The molecule has 5 heteroatoms. The van der Waals surface area contributed by atoms with E-state index in [4.69, 9.17) is 4.74 Å². The van der Waals surface area contributed by atoms with Gasteiger partial charge in [-0.25, -0.2) is 0 Å². The fourth-order valence-corrected chi connectivity index (χ4v) is 3.37. The predicted octanol–water partition coefficient (Wildman–Crippen LogP) is 2.73. The van der Waals surface area contributed by atoms with Gasteiger partial charge in [0.25, 0.3) is 0 Å². The van der Waals surface area contributed by atoms with Crippen molar-refractivity contribution >= 4 is 18.3 Å². The zero-order valence-corrected chi connectivity index (χ0v) is 14.4. The fourth-order valence-electron chi connectivity index (χ4n) is 3.37. The molecule has 1 aromatic carbocycles. The van der Waals surface area contributed by atoms with E-state index in [1.54, 1.807) is 0 Å². The van der Waals surface area contributed by atoms with Gasteiger partial charge < -0.3 is 15.0 Å². The topological polar surface area (TPSA) is 41.6 Å². The summed E-state index contributed by atoms with van der Waals surface area (Å²) in [5.74, 6) is 2.06. The molecule has 0 saturated carbocycles. The van der Waals surface area contributed by atoms with Crippen molar-refractivity contribution in [1.29, 1.82) is 0 Å². The molecule has 2 heterocycles. The average molecular weight is 339 g/mol. The Hall–Kier alpha value is -1.26. The molecule has 3 rings (SSSR count). The number of likely N-dealkylation sites (tertiary alicyclic amines) is 1. The van der Waals surface area contributed by atoms with E-state index >= 15 is 0 Å². The second kappa shape index (κ2) is 9.14. The van der Waals surface area contributed by atoms with E-state index in [0.29, 0.717) is 11.8 Å². The van der Waals surface area contributed by atoms with E-state index in [-0.39, 0.29) is 18.3 Å². The van der Waals surface area contributed by atoms with E-state index in [1.807, 2.05) is 30.3 Å². The summed E-state index contributed by atoms with van der Waals surface area (Å²) >= 11 is 0. The molecule has 2 aliphatic heterocycles. The molecule has 1 amide bonds. The number of ether oxygens (including phenoxy) is 1. The largest absolute Gasteiger partial charge is 0.493 e. The van der Waals surface area contributed by atoms with Gasteiger partial charge in [-0.3, -0.25) is 4.79 Å². The van der Waals surface area contributed by atoms with Crippen LogP contribution >= 0.6 is 12.4 Å². The SMILES string of the molecule is Cl.O=C(C1CCCNC1)N1CCC(COc2ccccc2)CC1. The molecule has 0 radical (unpaired) electrons. The van der Waals surface area contributed by atoms with E-state index in [2.05, 4.69) is 10.2 Å². The highest BCUT2D eigenvalue weighted by Crippen LogP contribution is 2.22. The number of benzene rings is 1. The summed E-state index contributed by atoms with van der Waals surface area (Å²) in [6.45, 7) is 4.45. The van der Waals surface area contributed by atoms with Crippen molar-refractivity contribution in [3.05, 3.63) is 30.3 Å². The molecule has 4 nitrogen and oxygen atoms in total. The van der Waals surface area contributed by atoms with Crippen molar-refractivity contribution in [3.63, 3.8) is 0 Å². The number of amides is 1. The summed E-state index contributed by atoms with van der Waals surface area (Å²) in [7, 11) is 0. The number of carbonyl (C=O) groups excluding carboxylic acids is 1. The van der Waals surface area contributed by atoms with Crippen LogP contribution in [0, 0.1) is 11.8 Å². The molecular formula is C18H27ClN2O2. The summed E-state index contributed by atoms with van der Waals surface area (Å²) in [6.07, 6.45) is 4.28. The molecule has 1 aromatic rings. The molecule has 23 heavy (non-hydrogen) atoms. The molecule has 0 spiro atoms. The third-order valence-electron chi connectivity index (χ3n) is 4.80. The number of nitrogens with zero attached hydrogens (tertiary/aromatic N) is 1. The first-order chi connectivity index (χ1) is 10.8. The summed E-state index contributed by atoms with van der Waals surface area (Å²) < 4.78 is 5.84. The van der Waals surface area contributed by atoms with Crippen molar-refractivity contribution < 1.29 is 9.53 Å². The maximum Gasteiger partial charge on any atom is 0.226 e. The highest BCUT2D eigenvalue weighted by Gasteiger charge is 2.29. The van der Waals surface area contributed by atoms with Crippen molar-refractivity contribution in [2.75, 3.05) is 32.8 Å². The Kier molecular flexibility index (Phi) is 7.18. The number of nitrogens with one attached hydrogen (secondary N) is 1. The van der Waals surface area contributed by atoms with Gasteiger partial charge in [0.1, 0.15) is 5.75 Å². The zero-order valence-electron chi connectivity index (χ0n) is 13.6. The van der Waals surface area contributed by atoms with Crippen LogP contribution in [-0.2, 0) is 4.79 Å². The van der Waals surface area contributed by atoms with E-state index in [1.165, 1.54) is 0 Å². The molecule has 1 unspecified atom stereocenters. The van der Waals surface area contributed by atoms with Crippen molar-refractivity contribution in [2.45, 2.75) is 25.7 Å². The van der Waals surface area contributed by atoms with Crippen LogP contribution in [0.25, 0.3) is 0 Å². The molecule has 0 aliphatic carbocycles. The first kappa shape index (κ1) is 18.1. The molecular weight excluding hydrogens is 312 g/mol. The van der Waals surface area contributed by atoms with Gasteiger partial charge >= 0.3 is 0 Å². The van der Waals surface area contributed by atoms with Gasteiger partial charge in [-0.1, -0.05) is 18.2 Å². The first-order valence-electron chi connectivity index (χ1n) is 8.50. The van der Waals surface area contributed by atoms with Crippen LogP contribution in [0.5, 0.6) is 5.75 Å². The van der Waals surface area contributed by atoms with Gasteiger partial charge in [0.2, 0.25) is 5.91 Å². The van der Waals surface area contributed by atoms with E-state index in [0.717, 1.165) is 64.2 Å². The lowest BCUT2D eigenvalue weighted by atomic mass is 9.94. The predicted molar refractivity (Wildman–Crippen MR) is 94.1 cm³/mol. The number of hydrogen-bond acceptors (Lipinski definition) is 3. The molecule has 2 aliphatic rings. The van der Waals surface area contributed by atoms with Crippen LogP contribution < -0.4 is 10.1 Å². The summed E-state index contributed by atoms with van der Waals surface area (Å²) in [5, 5.41) is 3.33. The van der Waals surface area contributed by atoms with Crippen molar-refractivity contribution in [2.24, 2.45) is 11.8 Å². The lowest BCUT2D eigenvalue weighted by molar-refractivity contribution is -0.137. The highest BCUT2D eigenvalue weighted by atomic mass is 35.5. The van der Waals surface area contributed by atoms with Crippen LogP contribution in [-0.4, -0.2) is 43.6 Å². The quantitative estimate of drug-likeness (QED) is 0.917. The zero-order chi connectivity index (χ0) is 15.2. The minimum absolute atomic E-state index is 0. The second-order valence-corrected chi connectivity index (χ2v) is 6.44. The Morgan fingerprint density at radius 2 is 1.91 bits per heavy atom. The Bertz CT molecular complexity index is 469. The maximum atomic E-state index is 12.5. The molecule has 1 N–H and O–H groups in total. The van der Waals surface area contributed by atoms with Crippen LogP contribution in [0.2, 0.25) is 0 Å². The summed E-state index contributed by atoms with van der Waals surface area (Å²) in [6, 6.07) is 9.98. The Balaban J connectivity index is 0.00000192. The van der Waals surface area contributed by atoms with Crippen molar-refractivity contribution in [1.82, 2.24) is 10.2 Å². The van der Waals surface area contributed by atoms with Crippen LogP contribution in [0.15, 0.2) is 30.3 Å². The number of para-hydroxylation sites is 1. The maximum absolute atomic E-state index is 12.5. The minimum atomic E-state index is 0. The first-order valence-corrected chi connectivity index (χ1v) is 8.50. The van der Waals surface area contributed by atoms with Crippen LogP contribution in [0.3, 0.4) is 0 Å². The van der Waals surface area contributed by atoms with Crippen LogP contribution in [0.1, 0.15) is 25.7 Å². The Morgan fingerprint density at radius 3 is 2.57 bits per heavy atom. The van der Waals surface area contributed by atoms with Gasteiger partial charge in [0, 0.05) is 19.6 Å². The van der Waals surface area contributed by atoms with Gasteiger partial charge in [-0.2, -0.15) is 0 Å². The standard InChI is InChI=1S/C18H26N2O2.ClH/c21-18(16-5-4-10-19-13-16)20-11-8-15(9-12-20)14-22-17-6-2-1-3-7-17;/h1-3,6-7,15-16,19H,4-5,8-14H2;1H. The second-order valence-electron chi connectivity index (χ2n) is 6.44. The van der Waals surface area contributed by atoms with E-state index < -0.39 is 0 Å². The normalized spacial score (nSPS) is 22.3. The highest BCUT2D eigenvalue weighted by molar-refractivity contribution is 5.85. The molecule has 2 saturated heterocycles. The Morgan fingerprint density at radius 1 is 1.17 bits per heavy atom. The lowest BCUT2D eigenvalue weighted by Crippen LogP contribution is -2.46. The summed E-state index contributed by atoms with van der Waals surface area (Å²) in [5.41, 5.74) is 0. The Labute approximate surface area is 145 Å². The molecule has 1 atom stereocenters. The number of carbonyl (C=O) groups is 1. The fraction of sp³-hybridized carbons (Fsp3) is 0.611.